The van der Waals surface area contributed by atoms with Crippen LogP contribution in [0.4, 0.5) is 0 Å². The van der Waals surface area contributed by atoms with Gasteiger partial charge < -0.3 is 4.74 Å². The molecule has 0 saturated heterocycles. The van der Waals surface area contributed by atoms with Crippen LogP contribution >= 0.6 is 0 Å². The smallest absolute Gasteiger partial charge is 0.194 e. The molecule has 0 aliphatic heterocycles. The summed E-state index contributed by atoms with van der Waals surface area (Å²) in [6, 6.07) is 23.8. The quantitative estimate of drug-likeness (QED) is 0.664. The van der Waals surface area contributed by atoms with E-state index in [1.165, 1.54) is 0 Å². The molecular formula is C23H18O2. The number of methoxy groups -OCH3 is 1. The molecule has 0 unspecified atom stereocenters. The van der Waals surface area contributed by atoms with Crippen LogP contribution in [0.5, 0.6) is 5.75 Å². The molecule has 2 heteroatoms. The van der Waals surface area contributed by atoms with Crippen LogP contribution in [0.1, 0.15) is 32.6 Å². The van der Waals surface area contributed by atoms with Crippen molar-refractivity contribution in [2.75, 3.05) is 7.11 Å². The van der Waals surface area contributed by atoms with Crippen LogP contribution in [-0.4, -0.2) is 12.9 Å². The molecule has 1 aliphatic carbocycles. The van der Waals surface area contributed by atoms with Crippen molar-refractivity contribution in [2.24, 2.45) is 0 Å². The Labute approximate surface area is 147 Å². The fourth-order valence-corrected chi connectivity index (χ4v) is 3.38. The molecule has 122 valence electrons. The van der Waals surface area contributed by atoms with Crippen LogP contribution < -0.4 is 4.74 Å². The lowest BCUT2D eigenvalue weighted by atomic mass is 9.94. The van der Waals surface area contributed by atoms with Crippen LogP contribution in [-0.2, 0) is 0 Å². The predicted octanol–water partition coefficient (Wildman–Crippen LogP) is 5.16. The number of ketones is 1. The second-order valence-electron chi connectivity index (χ2n) is 6.22. The number of allylic oxidation sites excluding steroid dienone is 1. The summed E-state index contributed by atoms with van der Waals surface area (Å²) in [5.41, 5.74) is 6.67. The molecule has 0 saturated carbocycles. The molecule has 2 nitrogen and oxygen atoms in total. The van der Waals surface area contributed by atoms with E-state index in [0.29, 0.717) is 0 Å². The van der Waals surface area contributed by atoms with Crippen LogP contribution in [0.2, 0.25) is 0 Å². The average molecular weight is 326 g/mol. The van der Waals surface area contributed by atoms with E-state index >= 15 is 0 Å². The van der Waals surface area contributed by atoms with Crippen molar-refractivity contribution in [1.82, 2.24) is 0 Å². The number of hydrogen-bond donors (Lipinski definition) is 0. The van der Waals surface area contributed by atoms with Gasteiger partial charge >= 0.3 is 0 Å². The van der Waals surface area contributed by atoms with Gasteiger partial charge in [-0.2, -0.15) is 0 Å². The highest BCUT2D eigenvalue weighted by molar-refractivity contribution is 6.41. The molecule has 4 rings (SSSR count). The molecule has 3 aromatic rings. The largest absolute Gasteiger partial charge is 0.497 e. The highest BCUT2D eigenvalue weighted by Crippen LogP contribution is 2.42. The van der Waals surface area contributed by atoms with Gasteiger partial charge in [-0.15, -0.1) is 0 Å². The maximum atomic E-state index is 13.1. The number of rotatable bonds is 3. The number of carbonyl (C=O) groups excluding carboxylic acids is 1. The molecule has 0 heterocycles. The molecule has 0 radical (unpaired) electrons. The Morgan fingerprint density at radius 2 is 1.40 bits per heavy atom. The number of hydrogen-bond acceptors (Lipinski definition) is 2. The van der Waals surface area contributed by atoms with E-state index in [0.717, 1.165) is 44.7 Å². The zero-order valence-corrected chi connectivity index (χ0v) is 14.2. The van der Waals surface area contributed by atoms with Crippen LogP contribution in [0.3, 0.4) is 0 Å². The fraction of sp³-hybridized carbons (Fsp3) is 0.0870. The van der Waals surface area contributed by atoms with E-state index < -0.39 is 0 Å². The topological polar surface area (TPSA) is 26.3 Å². The lowest BCUT2D eigenvalue weighted by Gasteiger charge is -2.10. The van der Waals surface area contributed by atoms with Crippen molar-refractivity contribution in [3.8, 4) is 5.75 Å². The highest BCUT2D eigenvalue weighted by atomic mass is 16.5. The van der Waals surface area contributed by atoms with Crippen molar-refractivity contribution < 1.29 is 9.53 Å². The van der Waals surface area contributed by atoms with E-state index in [1.54, 1.807) is 7.11 Å². The maximum absolute atomic E-state index is 13.1. The highest BCUT2D eigenvalue weighted by Gasteiger charge is 2.31. The molecule has 0 aromatic heterocycles. The summed E-state index contributed by atoms with van der Waals surface area (Å²) in [5, 5.41) is 0. The predicted molar refractivity (Wildman–Crippen MR) is 101 cm³/mol. The molecule has 0 bridgehead atoms. The summed E-state index contributed by atoms with van der Waals surface area (Å²) in [6.45, 7) is 2.05. The van der Waals surface area contributed by atoms with Gasteiger partial charge in [-0.3, -0.25) is 4.79 Å². The molecule has 3 aromatic carbocycles. The van der Waals surface area contributed by atoms with Gasteiger partial charge in [0.05, 0.1) is 7.11 Å². The molecule has 0 spiro atoms. The van der Waals surface area contributed by atoms with Gasteiger partial charge in [0.25, 0.3) is 0 Å². The van der Waals surface area contributed by atoms with E-state index in [1.807, 2.05) is 66.7 Å². The standard InChI is InChI=1S/C23H18O2/c1-15-8-13-19-20(14-15)21(17-9-11-18(25-2)12-10-17)22(23(19)24)16-6-4-3-5-7-16/h3-14H,1-2H3. The maximum Gasteiger partial charge on any atom is 0.194 e. The summed E-state index contributed by atoms with van der Waals surface area (Å²) >= 11 is 0. The first-order valence-electron chi connectivity index (χ1n) is 8.29. The minimum Gasteiger partial charge on any atom is -0.497 e. The number of benzene rings is 3. The summed E-state index contributed by atoms with van der Waals surface area (Å²) in [5.74, 6) is 0.895. The summed E-state index contributed by atoms with van der Waals surface area (Å²) in [4.78, 5) is 13.1. The van der Waals surface area contributed by atoms with Crippen LogP contribution in [0.15, 0.2) is 72.8 Å². The Hall–Kier alpha value is -3.13. The number of Topliss-reactive ketones (excluding diaryl/α,β-unsaturated/α-hetero) is 1. The Kier molecular flexibility index (Phi) is 3.73. The third-order valence-electron chi connectivity index (χ3n) is 4.61. The number of aryl methyl sites for hydroxylation is 1. The SMILES string of the molecule is COc1ccc(C2=C(c3ccccc3)C(=O)c3ccc(C)cc32)cc1. The van der Waals surface area contributed by atoms with Crippen LogP contribution in [0.25, 0.3) is 11.1 Å². The van der Waals surface area contributed by atoms with Crippen molar-refractivity contribution in [2.45, 2.75) is 6.92 Å². The number of carbonyl (C=O) groups is 1. The third kappa shape index (κ3) is 2.56. The molecule has 0 amide bonds. The van der Waals surface area contributed by atoms with Gasteiger partial charge in [0, 0.05) is 16.7 Å². The molecule has 1 aliphatic rings. The molecule has 0 fully saturated rings. The molecule has 25 heavy (non-hydrogen) atoms. The van der Waals surface area contributed by atoms with E-state index in [-0.39, 0.29) is 5.78 Å². The summed E-state index contributed by atoms with van der Waals surface area (Å²) < 4.78 is 5.27. The lowest BCUT2D eigenvalue weighted by molar-refractivity contribution is 0.105. The van der Waals surface area contributed by atoms with Crippen molar-refractivity contribution in [3.63, 3.8) is 0 Å². The molecule has 0 N–H and O–H groups in total. The normalized spacial score (nSPS) is 13.1. The molecular weight excluding hydrogens is 308 g/mol. The second kappa shape index (κ2) is 6.06. The Balaban J connectivity index is 2.00. The van der Waals surface area contributed by atoms with E-state index in [9.17, 15) is 4.79 Å². The van der Waals surface area contributed by atoms with E-state index in [4.69, 9.17) is 4.74 Å². The van der Waals surface area contributed by atoms with E-state index in [2.05, 4.69) is 13.0 Å². The van der Waals surface area contributed by atoms with Gasteiger partial charge in [0.2, 0.25) is 0 Å². The Morgan fingerprint density at radius 1 is 0.720 bits per heavy atom. The summed E-state index contributed by atoms with van der Waals surface area (Å²) in [6.07, 6.45) is 0. The fourth-order valence-electron chi connectivity index (χ4n) is 3.38. The Morgan fingerprint density at radius 3 is 2.08 bits per heavy atom. The zero-order valence-electron chi connectivity index (χ0n) is 14.2. The third-order valence-corrected chi connectivity index (χ3v) is 4.61. The number of fused-ring (bicyclic) bond motifs is 1. The van der Waals surface area contributed by atoms with Crippen molar-refractivity contribution in [1.29, 1.82) is 0 Å². The van der Waals surface area contributed by atoms with Gasteiger partial charge in [0.1, 0.15) is 5.75 Å². The first-order valence-corrected chi connectivity index (χ1v) is 8.29. The summed E-state index contributed by atoms with van der Waals surface area (Å²) in [7, 11) is 1.65. The van der Waals surface area contributed by atoms with Gasteiger partial charge in [-0.1, -0.05) is 66.2 Å². The Bertz CT molecular complexity index is 980. The van der Waals surface area contributed by atoms with Crippen molar-refractivity contribution >= 4 is 16.9 Å². The minimum absolute atomic E-state index is 0.0898. The number of ether oxygens (including phenoxy) is 1. The van der Waals surface area contributed by atoms with Gasteiger partial charge in [0.15, 0.2) is 5.78 Å². The van der Waals surface area contributed by atoms with Gasteiger partial charge in [-0.25, -0.2) is 0 Å². The zero-order chi connectivity index (χ0) is 17.4. The second-order valence-corrected chi connectivity index (χ2v) is 6.22. The minimum atomic E-state index is 0.0898. The van der Waals surface area contributed by atoms with Gasteiger partial charge in [-0.05, 0) is 35.7 Å². The van der Waals surface area contributed by atoms with Crippen LogP contribution in [0, 0.1) is 6.92 Å². The first kappa shape index (κ1) is 15.4. The first-order chi connectivity index (χ1) is 12.2. The average Bonchev–Trinajstić information content (AvgIpc) is 2.94. The monoisotopic (exact) mass is 326 g/mol. The lowest BCUT2D eigenvalue weighted by Crippen LogP contribution is -1.98. The van der Waals surface area contributed by atoms with Crippen molar-refractivity contribution in [3.05, 3.63) is 101 Å². The molecule has 0 atom stereocenters.